The van der Waals surface area contributed by atoms with Crippen molar-refractivity contribution < 1.29 is 9.53 Å². The van der Waals surface area contributed by atoms with Crippen molar-refractivity contribution in [3.63, 3.8) is 0 Å². The molecule has 152 valence electrons. The SMILES string of the molecule is C/C=C(\OC)c1nnc(NC(=O)c2ccc(-c3csc(NCCCN)n3)cc2)s1. The number of rotatable bonds is 9. The molecule has 3 rings (SSSR count). The van der Waals surface area contributed by atoms with Gasteiger partial charge in [0.25, 0.3) is 5.91 Å². The Kier molecular flexibility index (Phi) is 7.28. The number of carbonyl (C=O) groups excluding carboxylic acids is 1. The number of nitrogens with two attached hydrogens (primary N) is 1. The van der Waals surface area contributed by atoms with Crippen molar-refractivity contribution in [2.45, 2.75) is 13.3 Å². The number of benzene rings is 1. The maximum Gasteiger partial charge on any atom is 0.257 e. The van der Waals surface area contributed by atoms with E-state index in [4.69, 9.17) is 10.5 Å². The Bertz CT molecular complexity index is 981. The van der Waals surface area contributed by atoms with Crippen LogP contribution in [0.3, 0.4) is 0 Å². The number of ether oxygens (including phenoxy) is 1. The highest BCUT2D eigenvalue weighted by atomic mass is 32.1. The largest absolute Gasteiger partial charge is 0.494 e. The van der Waals surface area contributed by atoms with Crippen LogP contribution in [0, 0.1) is 0 Å². The molecule has 0 bridgehead atoms. The Morgan fingerprint density at radius 1 is 1.24 bits per heavy atom. The first-order valence-electron chi connectivity index (χ1n) is 9.00. The summed E-state index contributed by atoms with van der Waals surface area (Å²) < 4.78 is 5.21. The lowest BCUT2D eigenvalue weighted by atomic mass is 10.1. The molecule has 0 aliphatic heterocycles. The monoisotopic (exact) mass is 430 g/mol. The quantitative estimate of drug-likeness (QED) is 0.350. The molecule has 0 aliphatic carbocycles. The predicted molar refractivity (Wildman–Crippen MR) is 118 cm³/mol. The van der Waals surface area contributed by atoms with Crippen molar-refractivity contribution in [2.24, 2.45) is 5.73 Å². The number of allylic oxidation sites excluding steroid dienone is 1. The molecule has 10 heteroatoms. The van der Waals surface area contributed by atoms with E-state index in [1.54, 1.807) is 36.7 Å². The van der Waals surface area contributed by atoms with E-state index in [0.29, 0.717) is 28.0 Å². The van der Waals surface area contributed by atoms with Gasteiger partial charge in [-0.3, -0.25) is 10.1 Å². The molecule has 0 saturated heterocycles. The minimum Gasteiger partial charge on any atom is -0.494 e. The number of hydrogen-bond donors (Lipinski definition) is 3. The Morgan fingerprint density at radius 2 is 2.03 bits per heavy atom. The molecular weight excluding hydrogens is 408 g/mol. The Morgan fingerprint density at radius 3 is 2.72 bits per heavy atom. The smallest absolute Gasteiger partial charge is 0.257 e. The molecular formula is C19H22N6O2S2. The molecule has 0 aliphatic rings. The second kappa shape index (κ2) is 10.1. The summed E-state index contributed by atoms with van der Waals surface area (Å²) in [6.45, 7) is 3.30. The van der Waals surface area contributed by atoms with Gasteiger partial charge in [0.15, 0.2) is 15.9 Å². The van der Waals surface area contributed by atoms with E-state index in [1.807, 2.05) is 24.4 Å². The fourth-order valence-electron chi connectivity index (χ4n) is 2.45. The maximum atomic E-state index is 12.5. The van der Waals surface area contributed by atoms with Gasteiger partial charge in [-0.1, -0.05) is 23.5 Å². The molecule has 3 aromatic rings. The average molecular weight is 431 g/mol. The van der Waals surface area contributed by atoms with Crippen molar-refractivity contribution in [3.8, 4) is 11.3 Å². The summed E-state index contributed by atoms with van der Waals surface area (Å²) >= 11 is 2.80. The van der Waals surface area contributed by atoms with Gasteiger partial charge in [0.1, 0.15) is 0 Å². The fraction of sp³-hybridized carbons (Fsp3) is 0.263. The first-order valence-corrected chi connectivity index (χ1v) is 10.7. The molecule has 8 nitrogen and oxygen atoms in total. The summed E-state index contributed by atoms with van der Waals surface area (Å²) in [5.74, 6) is 0.369. The van der Waals surface area contributed by atoms with Crippen LogP contribution in [0.25, 0.3) is 17.0 Å². The third-order valence-corrected chi connectivity index (χ3v) is 5.60. The van der Waals surface area contributed by atoms with Gasteiger partial charge in [-0.2, -0.15) is 0 Å². The number of amides is 1. The number of aromatic nitrogens is 3. The van der Waals surface area contributed by atoms with Gasteiger partial charge < -0.3 is 15.8 Å². The van der Waals surface area contributed by atoms with Crippen LogP contribution in [0.1, 0.15) is 28.7 Å². The second-order valence-electron chi connectivity index (χ2n) is 5.91. The van der Waals surface area contributed by atoms with Crippen LogP contribution < -0.4 is 16.4 Å². The van der Waals surface area contributed by atoms with Gasteiger partial charge in [-0.05, 0) is 38.1 Å². The summed E-state index contributed by atoms with van der Waals surface area (Å²) in [7, 11) is 1.57. The Balaban J connectivity index is 1.63. The van der Waals surface area contributed by atoms with E-state index in [9.17, 15) is 4.79 Å². The lowest BCUT2D eigenvalue weighted by molar-refractivity contribution is 0.102. The zero-order chi connectivity index (χ0) is 20.6. The first-order chi connectivity index (χ1) is 14.1. The van der Waals surface area contributed by atoms with Gasteiger partial charge in [-0.25, -0.2) is 4.98 Å². The molecule has 0 atom stereocenters. The fourth-order valence-corrected chi connectivity index (χ4v) is 3.99. The highest BCUT2D eigenvalue weighted by molar-refractivity contribution is 7.16. The van der Waals surface area contributed by atoms with E-state index in [-0.39, 0.29) is 5.91 Å². The van der Waals surface area contributed by atoms with Crippen LogP contribution in [0.4, 0.5) is 10.3 Å². The van der Waals surface area contributed by atoms with Gasteiger partial charge in [0, 0.05) is 23.1 Å². The van der Waals surface area contributed by atoms with Crippen molar-refractivity contribution in [1.82, 2.24) is 15.2 Å². The van der Waals surface area contributed by atoms with Crippen molar-refractivity contribution in [1.29, 1.82) is 0 Å². The highest BCUT2D eigenvalue weighted by Crippen LogP contribution is 2.26. The minimum atomic E-state index is -0.249. The summed E-state index contributed by atoms with van der Waals surface area (Å²) in [5, 5.41) is 17.9. The van der Waals surface area contributed by atoms with Gasteiger partial charge in [-0.15, -0.1) is 21.5 Å². The van der Waals surface area contributed by atoms with E-state index < -0.39 is 0 Å². The van der Waals surface area contributed by atoms with Crippen LogP contribution in [-0.2, 0) is 4.74 Å². The van der Waals surface area contributed by atoms with Crippen LogP contribution in [0.5, 0.6) is 0 Å². The Hall–Kier alpha value is -2.82. The molecule has 2 heterocycles. The molecule has 1 aromatic carbocycles. The molecule has 0 saturated carbocycles. The zero-order valence-corrected chi connectivity index (χ0v) is 17.8. The van der Waals surface area contributed by atoms with Crippen LogP contribution in [-0.4, -0.2) is 41.3 Å². The van der Waals surface area contributed by atoms with Crippen molar-refractivity contribution in [3.05, 3.63) is 46.3 Å². The molecule has 2 aromatic heterocycles. The summed E-state index contributed by atoms with van der Waals surface area (Å²) in [6, 6.07) is 7.28. The van der Waals surface area contributed by atoms with E-state index in [1.165, 1.54) is 11.3 Å². The summed E-state index contributed by atoms with van der Waals surface area (Å²) in [5.41, 5.74) is 7.84. The number of carbonyl (C=O) groups is 1. The molecule has 1 amide bonds. The molecule has 0 unspecified atom stereocenters. The molecule has 0 radical (unpaired) electrons. The standard InChI is InChI=1S/C19H22N6O2S2/c1-3-15(27-2)17-24-25-19(29-17)23-16(26)13-7-5-12(6-8-13)14-11-28-18(22-14)21-10-4-9-20/h3,5-8,11H,4,9-10,20H2,1-2H3,(H,21,22)(H,23,25,26)/b15-3-. The Labute approximate surface area is 176 Å². The van der Waals surface area contributed by atoms with Crippen LogP contribution in [0.2, 0.25) is 0 Å². The predicted octanol–water partition coefficient (Wildman–Crippen LogP) is 3.68. The van der Waals surface area contributed by atoms with Crippen LogP contribution in [0.15, 0.2) is 35.7 Å². The zero-order valence-electron chi connectivity index (χ0n) is 16.1. The van der Waals surface area contributed by atoms with Gasteiger partial charge >= 0.3 is 0 Å². The molecule has 0 spiro atoms. The lowest BCUT2D eigenvalue weighted by Gasteiger charge is -2.03. The number of nitrogens with zero attached hydrogens (tertiary/aromatic N) is 3. The summed E-state index contributed by atoms with van der Waals surface area (Å²) in [4.78, 5) is 17.0. The number of thiazole rings is 1. The van der Waals surface area contributed by atoms with E-state index >= 15 is 0 Å². The molecule has 0 fully saturated rings. The minimum absolute atomic E-state index is 0.249. The third kappa shape index (κ3) is 5.37. The third-order valence-electron chi connectivity index (χ3n) is 3.94. The van der Waals surface area contributed by atoms with Crippen LogP contribution >= 0.6 is 22.7 Å². The summed E-state index contributed by atoms with van der Waals surface area (Å²) in [6.07, 6.45) is 2.69. The number of methoxy groups -OCH3 is 1. The van der Waals surface area contributed by atoms with Gasteiger partial charge in [0.05, 0.1) is 12.8 Å². The van der Waals surface area contributed by atoms with Crippen molar-refractivity contribution in [2.75, 3.05) is 30.8 Å². The van der Waals surface area contributed by atoms with E-state index in [0.717, 1.165) is 29.4 Å². The lowest BCUT2D eigenvalue weighted by Crippen LogP contribution is -2.11. The highest BCUT2D eigenvalue weighted by Gasteiger charge is 2.13. The number of nitrogens with one attached hydrogen (secondary N) is 2. The number of hydrogen-bond acceptors (Lipinski definition) is 9. The van der Waals surface area contributed by atoms with Gasteiger partial charge in [0.2, 0.25) is 5.13 Å². The average Bonchev–Trinajstić information content (AvgIpc) is 3.39. The normalized spacial score (nSPS) is 11.3. The second-order valence-corrected chi connectivity index (χ2v) is 7.74. The van der Waals surface area contributed by atoms with E-state index in [2.05, 4.69) is 25.8 Å². The number of anilines is 2. The van der Waals surface area contributed by atoms with Crippen molar-refractivity contribution >= 4 is 44.6 Å². The topological polar surface area (TPSA) is 115 Å². The first kappa shape index (κ1) is 20.9. The maximum absolute atomic E-state index is 12.5. The molecule has 29 heavy (non-hydrogen) atoms. The molecule has 4 N–H and O–H groups in total.